The van der Waals surface area contributed by atoms with Gasteiger partial charge in [0, 0.05) is 11.3 Å². The van der Waals surface area contributed by atoms with Crippen molar-refractivity contribution in [2.24, 2.45) is 0 Å². The molecule has 1 amide bonds. The van der Waals surface area contributed by atoms with Gasteiger partial charge in [-0.2, -0.15) is 0 Å². The van der Waals surface area contributed by atoms with E-state index in [0.29, 0.717) is 5.69 Å². The van der Waals surface area contributed by atoms with E-state index in [0.717, 1.165) is 0 Å². The molecule has 0 unspecified atom stereocenters. The predicted octanol–water partition coefficient (Wildman–Crippen LogP) is 3.66. The lowest BCUT2D eigenvalue weighted by Crippen LogP contribution is -2.16. The second-order valence-corrected chi connectivity index (χ2v) is 7.78. The number of nitro benzene ring substituents is 1. The highest BCUT2D eigenvalue weighted by Gasteiger charge is 2.20. The summed E-state index contributed by atoms with van der Waals surface area (Å²) in [6, 6.07) is 17.7. The molecule has 0 aliphatic heterocycles. The maximum atomic E-state index is 12.6. The van der Waals surface area contributed by atoms with E-state index in [-0.39, 0.29) is 27.6 Å². The number of nitrogens with zero attached hydrogens (tertiary/aromatic N) is 1. The Labute approximate surface area is 172 Å². The molecular formula is C20H17N3O6S. The fourth-order valence-corrected chi connectivity index (χ4v) is 3.72. The molecule has 0 aliphatic rings. The van der Waals surface area contributed by atoms with Gasteiger partial charge in [-0.25, -0.2) is 8.42 Å². The molecule has 0 saturated carbocycles. The maximum Gasteiger partial charge on any atom is 0.296 e. The van der Waals surface area contributed by atoms with Gasteiger partial charge in [-0.3, -0.25) is 19.6 Å². The quantitative estimate of drug-likeness (QED) is 0.437. The average Bonchev–Trinajstić information content (AvgIpc) is 2.74. The summed E-state index contributed by atoms with van der Waals surface area (Å²) in [5.74, 6) is -0.431. The molecule has 0 fully saturated rings. The van der Waals surface area contributed by atoms with Crippen LogP contribution in [0.25, 0.3) is 0 Å². The lowest BCUT2D eigenvalue weighted by Gasteiger charge is -2.10. The smallest absolute Gasteiger partial charge is 0.296 e. The molecule has 3 aromatic rings. The number of benzene rings is 3. The number of nitrogens with one attached hydrogen (secondary N) is 2. The third kappa shape index (κ3) is 4.73. The topological polar surface area (TPSA) is 128 Å². The highest BCUT2D eigenvalue weighted by atomic mass is 32.2. The normalized spacial score (nSPS) is 10.8. The molecule has 0 aromatic heterocycles. The van der Waals surface area contributed by atoms with Crippen molar-refractivity contribution in [1.82, 2.24) is 0 Å². The molecule has 30 heavy (non-hydrogen) atoms. The first kappa shape index (κ1) is 20.8. The molecule has 2 N–H and O–H groups in total. The van der Waals surface area contributed by atoms with E-state index in [1.165, 1.54) is 49.6 Å². The van der Waals surface area contributed by atoms with Gasteiger partial charge in [0.2, 0.25) is 0 Å². The Bertz CT molecular complexity index is 1200. The molecular weight excluding hydrogens is 410 g/mol. The number of para-hydroxylation sites is 1. The van der Waals surface area contributed by atoms with Gasteiger partial charge in [-0.05, 0) is 42.5 Å². The van der Waals surface area contributed by atoms with Crippen LogP contribution in [-0.4, -0.2) is 26.4 Å². The third-order valence-electron chi connectivity index (χ3n) is 4.08. The summed E-state index contributed by atoms with van der Waals surface area (Å²) in [5.41, 5.74) is 0.0101. The Morgan fingerprint density at radius 2 is 1.73 bits per heavy atom. The van der Waals surface area contributed by atoms with E-state index >= 15 is 0 Å². The molecule has 0 bridgehead atoms. The summed E-state index contributed by atoms with van der Waals surface area (Å²) in [4.78, 5) is 23.1. The van der Waals surface area contributed by atoms with Crippen LogP contribution in [0, 0.1) is 10.1 Å². The van der Waals surface area contributed by atoms with E-state index in [1.54, 1.807) is 30.3 Å². The Morgan fingerprint density at radius 3 is 2.40 bits per heavy atom. The van der Waals surface area contributed by atoms with E-state index in [1.807, 2.05) is 0 Å². The number of nitro groups is 1. The number of carbonyl (C=O) groups is 1. The van der Waals surface area contributed by atoms with Crippen LogP contribution in [-0.2, 0) is 10.0 Å². The van der Waals surface area contributed by atoms with Crippen LogP contribution >= 0.6 is 0 Å². The SMILES string of the molecule is COc1ccc(NC(=O)c2cccc(S(=O)(=O)Nc3ccccc3)c2)c([N+](=O)[O-])c1. The van der Waals surface area contributed by atoms with Crippen molar-refractivity contribution < 1.29 is 22.9 Å². The first-order chi connectivity index (χ1) is 14.3. The molecule has 10 heteroatoms. The summed E-state index contributed by atoms with van der Waals surface area (Å²) >= 11 is 0. The number of ether oxygens (including phenoxy) is 1. The second-order valence-electron chi connectivity index (χ2n) is 6.09. The molecule has 0 aliphatic carbocycles. The highest BCUT2D eigenvalue weighted by molar-refractivity contribution is 7.92. The van der Waals surface area contributed by atoms with Crippen molar-refractivity contribution in [3.05, 3.63) is 88.5 Å². The van der Waals surface area contributed by atoms with Crippen LogP contribution in [0.5, 0.6) is 5.75 Å². The molecule has 0 spiro atoms. The van der Waals surface area contributed by atoms with Crippen molar-refractivity contribution >= 4 is 33.0 Å². The molecule has 0 atom stereocenters. The van der Waals surface area contributed by atoms with Gasteiger partial charge in [0.25, 0.3) is 21.6 Å². The Kier molecular flexibility index (Phi) is 5.98. The number of amides is 1. The first-order valence-corrected chi connectivity index (χ1v) is 10.1. The van der Waals surface area contributed by atoms with Gasteiger partial charge in [-0.1, -0.05) is 24.3 Å². The van der Waals surface area contributed by atoms with Crippen LogP contribution in [0.1, 0.15) is 10.4 Å². The lowest BCUT2D eigenvalue weighted by atomic mass is 10.2. The molecule has 0 radical (unpaired) electrons. The molecule has 9 nitrogen and oxygen atoms in total. The highest BCUT2D eigenvalue weighted by Crippen LogP contribution is 2.29. The summed E-state index contributed by atoms with van der Waals surface area (Å²) < 4.78 is 32.6. The minimum atomic E-state index is -3.93. The van der Waals surface area contributed by atoms with E-state index in [2.05, 4.69) is 10.0 Å². The molecule has 154 valence electrons. The van der Waals surface area contributed by atoms with Gasteiger partial charge in [0.15, 0.2) is 0 Å². The number of hydrogen-bond acceptors (Lipinski definition) is 6. The Morgan fingerprint density at radius 1 is 1.00 bits per heavy atom. The Hall–Kier alpha value is -3.92. The molecule has 3 aromatic carbocycles. The molecule has 0 heterocycles. The van der Waals surface area contributed by atoms with Gasteiger partial charge in [-0.15, -0.1) is 0 Å². The van der Waals surface area contributed by atoms with Crippen molar-refractivity contribution in [3.63, 3.8) is 0 Å². The van der Waals surface area contributed by atoms with Gasteiger partial charge in [0.05, 0.1) is 23.0 Å². The number of anilines is 2. The van der Waals surface area contributed by atoms with Gasteiger partial charge in [0.1, 0.15) is 11.4 Å². The fourth-order valence-electron chi connectivity index (χ4n) is 2.61. The number of sulfonamides is 1. The predicted molar refractivity (Wildman–Crippen MR) is 111 cm³/mol. The number of carbonyl (C=O) groups excluding carboxylic acids is 1. The number of hydrogen-bond donors (Lipinski definition) is 2. The zero-order chi connectivity index (χ0) is 21.7. The molecule has 0 saturated heterocycles. The standard InChI is InChI=1S/C20H17N3O6S/c1-29-16-10-11-18(19(13-16)23(25)26)21-20(24)14-6-5-9-17(12-14)30(27,28)22-15-7-3-2-4-8-15/h2-13,22H,1H3,(H,21,24). The average molecular weight is 427 g/mol. The summed E-state index contributed by atoms with van der Waals surface area (Å²) in [5, 5.41) is 13.7. The first-order valence-electron chi connectivity index (χ1n) is 8.62. The van der Waals surface area contributed by atoms with E-state index < -0.39 is 20.9 Å². The third-order valence-corrected chi connectivity index (χ3v) is 5.46. The van der Waals surface area contributed by atoms with Crippen molar-refractivity contribution in [2.45, 2.75) is 4.90 Å². The van der Waals surface area contributed by atoms with Gasteiger partial charge < -0.3 is 10.1 Å². The number of rotatable bonds is 7. The van der Waals surface area contributed by atoms with Crippen molar-refractivity contribution in [1.29, 1.82) is 0 Å². The summed E-state index contributed by atoms with van der Waals surface area (Å²) in [7, 11) is -2.56. The van der Waals surface area contributed by atoms with Crippen LogP contribution < -0.4 is 14.8 Å². The lowest BCUT2D eigenvalue weighted by molar-refractivity contribution is -0.384. The van der Waals surface area contributed by atoms with Crippen molar-refractivity contribution in [3.8, 4) is 5.75 Å². The largest absolute Gasteiger partial charge is 0.496 e. The summed E-state index contributed by atoms with van der Waals surface area (Å²) in [6.07, 6.45) is 0. The minimum Gasteiger partial charge on any atom is -0.496 e. The zero-order valence-electron chi connectivity index (χ0n) is 15.7. The fraction of sp³-hybridized carbons (Fsp3) is 0.0500. The van der Waals surface area contributed by atoms with Gasteiger partial charge >= 0.3 is 0 Å². The zero-order valence-corrected chi connectivity index (χ0v) is 16.5. The van der Waals surface area contributed by atoms with Crippen LogP contribution in [0.15, 0.2) is 77.7 Å². The minimum absolute atomic E-state index is 0.0241. The van der Waals surface area contributed by atoms with Crippen LogP contribution in [0.4, 0.5) is 17.1 Å². The Balaban J connectivity index is 1.86. The maximum absolute atomic E-state index is 12.6. The molecule has 3 rings (SSSR count). The second kappa shape index (κ2) is 8.62. The van der Waals surface area contributed by atoms with E-state index in [4.69, 9.17) is 4.74 Å². The van der Waals surface area contributed by atoms with Crippen LogP contribution in [0.3, 0.4) is 0 Å². The number of methoxy groups -OCH3 is 1. The summed E-state index contributed by atoms with van der Waals surface area (Å²) in [6.45, 7) is 0. The van der Waals surface area contributed by atoms with E-state index in [9.17, 15) is 23.3 Å². The van der Waals surface area contributed by atoms with Crippen LogP contribution in [0.2, 0.25) is 0 Å². The van der Waals surface area contributed by atoms with Crippen molar-refractivity contribution in [2.75, 3.05) is 17.1 Å². The monoisotopic (exact) mass is 427 g/mol.